The number of unbranched alkanes of at least 4 members (excludes halogenated alkanes) is 1. The molecular weight excluding hydrogens is 218 g/mol. The van der Waals surface area contributed by atoms with Crippen molar-refractivity contribution in [3.63, 3.8) is 0 Å². The average molecular weight is 239 g/mol. The molecule has 0 aliphatic carbocycles. The molecule has 0 spiro atoms. The summed E-state index contributed by atoms with van der Waals surface area (Å²) in [6.07, 6.45) is 1.84. The fourth-order valence-corrected chi connectivity index (χ4v) is 1.46. The van der Waals surface area contributed by atoms with Crippen LogP contribution >= 0.6 is 0 Å². The summed E-state index contributed by atoms with van der Waals surface area (Å²) >= 11 is 0. The smallest absolute Gasteiger partial charge is 0.119 e. The molecule has 0 saturated carbocycles. The van der Waals surface area contributed by atoms with Gasteiger partial charge in [-0.05, 0) is 37.1 Å². The molecule has 0 radical (unpaired) electrons. The Morgan fingerprint density at radius 3 is 2.41 bits per heavy atom. The van der Waals surface area contributed by atoms with Crippen LogP contribution in [0.5, 0.6) is 5.75 Å². The zero-order valence-electron chi connectivity index (χ0n) is 10.1. The third-order valence-corrected chi connectivity index (χ3v) is 2.37. The summed E-state index contributed by atoms with van der Waals surface area (Å²) in [6.45, 7) is 2.38. The van der Waals surface area contributed by atoms with Crippen LogP contribution in [0.4, 0.5) is 0 Å². The van der Waals surface area contributed by atoms with Crippen LogP contribution in [0.3, 0.4) is 0 Å². The average Bonchev–Trinajstić information content (AvgIpc) is 2.37. The van der Waals surface area contributed by atoms with Gasteiger partial charge in [0.15, 0.2) is 0 Å². The number of aliphatic hydroxyl groups excluding tert-OH is 2. The van der Waals surface area contributed by atoms with Gasteiger partial charge in [0.1, 0.15) is 12.4 Å². The van der Waals surface area contributed by atoms with Gasteiger partial charge in [0, 0.05) is 13.2 Å². The molecule has 0 fully saturated rings. The molecule has 0 heterocycles. The van der Waals surface area contributed by atoms with E-state index in [1.54, 1.807) is 0 Å². The molecule has 0 unspecified atom stereocenters. The first-order valence-electron chi connectivity index (χ1n) is 6.01. The zero-order valence-corrected chi connectivity index (χ0v) is 10.1. The molecule has 0 bridgehead atoms. The van der Waals surface area contributed by atoms with E-state index in [0.717, 1.165) is 31.7 Å². The molecule has 0 aliphatic heterocycles. The molecule has 0 amide bonds. The fourth-order valence-electron chi connectivity index (χ4n) is 1.46. The molecule has 0 aromatic heterocycles. The van der Waals surface area contributed by atoms with Crippen LogP contribution in [-0.2, 0) is 6.54 Å². The van der Waals surface area contributed by atoms with Crippen molar-refractivity contribution < 1.29 is 14.9 Å². The van der Waals surface area contributed by atoms with E-state index in [1.165, 1.54) is 5.56 Å². The van der Waals surface area contributed by atoms with Gasteiger partial charge in [0.25, 0.3) is 0 Å². The van der Waals surface area contributed by atoms with E-state index in [9.17, 15) is 0 Å². The molecule has 0 atom stereocenters. The Hall–Kier alpha value is -1.10. The van der Waals surface area contributed by atoms with Crippen molar-refractivity contribution in [2.75, 3.05) is 26.4 Å². The number of aliphatic hydroxyl groups is 2. The summed E-state index contributed by atoms with van der Waals surface area (Å²) in [4.78, 5) is 0. The summed E-state index contributed by atoms with van der Waals surface area (Å²) in [5.41, 5.74) is 1.20. The summed E-state index contributed by atoms with van der Waals surface area (Å²) < 4.78 is 5.27. The summed E-state index contributed by atoms with van der Waals surface area (Å²) in [5, 5.41) is 20.5. The molecule has 96 valence electrons. The molecule has 3 N–H and O–H groups in total. The highest BCUT2D eigenvalue weighted by Crippen LogP contribution is 2.11. The lowest BCUT2D eigenvalue weighted by molar-refractivity contribution is 0.201. The second-order valence-electron chi connectivity index (χ2n) is 3.82. The van der Waals surface area contributed by atoms with E-state index < -0.39 is 0 Å². The van der Waals surface area contributed by atoms with Crippen molar-refractivity contribution in [3.05, 3.63) is 29.8 Å². The van der Waals surface area contributed by atoms with Gasteiger partial charge in [-0.1, -0.05) is 12.1 Å². The summed E-state index contributed by atoms with van der Waals surface area (Å²) in [6, 6.07) is 7.82. The molecule has 0 saturated heterocycles. The second-order valence-corrected chi connectivity index (χ2v) is 3.82. The first-order valence-corrected chi connectivity index (χ1v) is 6.01. The molecule has 1 aromatic carbocycles. The highest BCUT2D eigenvalue weighted by molar-refractivity contribution is 5.27. The largest absolute Gasteiger partial charge is 0.491 e. The standard InChI is InChI=1S/C13H21NO3/c15-8-2-1-7-14-11-12-3-5-13(6-4-12)17-10-9-16/h3-6,14-16H,1-2,7-11H2. The van der Waals surface area contributed by atoms with Crippen molar-refractivity contribution >= 4 is 0 Å². The Kier molecular flexibility index (Phi) is 7.38. The molecule has 1 rings (SSSR count). The molecule has 4 heteroatoms. The number of hydrogen-bond donors (Lipinski definition) is 3. The first-order chi connectivity index (χ1) is 8.36. The van der Waals surface area contributed by atoms with Gasteiger partial charge in [-0.3, -0.25) is 0 Å². The molecule has 4 nitrogen and oxygen atoms in total. The van der Waals surface area contributed by atoms with E-state index in [-0.39, 0.29) is 13.2 Å². The lowest BCUT2D eigenvalue weighted by Crippen LogP contribution is -2.14. The van der Waals surface area contributed by atoms with Crippen LogP contribution in [0, 0.1) is 0 Å². The van der Waals surface area contributed by atoms with Gasteiger partial charge in [0.05, 0.1) is 6.61 Å². The van der Waals surface area contributed by atoms with Gasteiger partial charge in [-0.15, -0.1) is 0 Å². The quantitative estimate of drug-likeness (QED) is 0.561. The van der Waals surface area contributed by atoms with Crippen molar-refractivity contribution in [1.29, 1.82) is 0 Å². The lowest BCUT2D eigenvalue weighted by Gasteiger charge is -2.07. The van der Waals surface area contributed by atoms with Crippen LogP contribution < -0.4 is 10.1 Å². The second kappa shape index (κ2) is 8.98. The van der Waals surface area contributed by atoms with E-state index in [4.69, 9.17) is 14.9 Å². The normalized spacial score (nSPS) is 10.5. The predicted molar refractivity (Wildman–Crippen MR) is 67.0 cm³/mol. The van der Waals surface area contributed by atoms with Crippen LogP contribution in [0.25, 0.3) is 0 Å². The molecular formula is C13H21NO3. The Labute approximate surface area is 102 Å². The highest BCUT2D eigenvalue weighted by atomic mass is 16.5. The summed E-state index contributed by atoms with van der Waals surface area (Å²) in [7, 11) is 0. The van der Waals surface area contributed by atoms with Crippen molar-refractivity contribution in [2.24, 2.45) is 0 Å². The number of hydrogen-bond acceptors (Lipinski definition) is 4. The van der Waals surface area contributed by atoms with E-state index in [1.807, 2.05) is 24.3 Å². The third kappa shape index (κ3) is 6.26. The van der Waals surface area contributed by atoms with Crippen molar-refractivity contribution in [1.82, 2.24) is 5.32 Å². The minimum Gasteiger partial charge on any atom is -0.491 e. The SMILES string of the molecule is OCCCCNCc1ccc(OCCO)cc1. The van der Waals surface area contributed by atoms with E-state index in [2.05, 4.69) is 5.32 Å². The Balaban J connectivity index is 2.20. The third-order valence-electron chi connectivity index (χ3n) is 2.37. The minimum absolute atomic E-state index is 0.0359. The van der Waals surface area contributed by atoms with E-state index >= 15 is 0 Å². The molecule has 1 aromatic rings. The number of benzene rings is 1. The highest BCUT2D eigenvalue weighted by Gasteiger charge is 1.95. The lowest BCUT2D eigenvalue weighted by atomic mass is 10.2. The predicted octanol–water partition coefficient (Wildman–Crippen LogP) is 0.920. The van der Waals surface area contributed by atoms with Crippen molar-refractivity contribution in [3.8, 4) is 5.75 Å². The Bertz CT molecular complexity index is 287. The number of ether oxygens (including phenoxy) is 1. The molecule has 17 heavy (non-hydrogen) atoms. The fraction of sp³-hybridized carbons (Fsp3) is 0.538. The number of nitrogens with one attached hydrogen (secondary N) is 1. The van der Waals surface area contributed by atoms with Gasteiger partial charge in [-0.25, -0.2) is 0 Å². The maximum atomic E-state index is 8.62. The van der Waals surface area contributed by atoms with Gasteiger partial charge in [0.2, 0.25) is 0 Å². The van der Waals surface area contributed by atoms with Crippen molar-refractivity contribution in [2.45, 2.75) is 19.4 Å². The Morgan fingerprint density at radius 2 is 1.76 bits per heavy atom. The maximum Gasteiger partial charge on any atom is 0.119 e. The van der Waals surface area contributed by atoms with Crippen LogP contribution in [0.1, 0.15) is 18.4 Å². The molecule has 0 aliphatic rings. The van der Waals surface area contributed by atoms with E-state index in [0.29, 0.717) is 6.61 Å². The maximum absolute atomic E-state index is 8.62. The van der Waals surface area contributed by atoms with Gasteiger partial charge < -0.3 is 20.3 Å². The van der Waals surface area contributed by atoms with Gasteiger partial charge in [-0.2, -0.15) is 0 Å². The Morgan fingerprint density at radius 1 is 1.00 bits per heavy atom. The minimum atomic E-state index is 0.0359. The summed E-state index contributed by atoms with van der Waals surface area (Å²) in [5.74, 6) is 0.781. The van der Waals surface area contributed by atoms with Crippen LogP contribution in [0.2, 0.25) is 0 Å². The van der Waals surface area contributed by atoms with Gasteiger partial charge >= 0.3 is 0 Å². The zero-order chi connectivity index (χ0) is 12.3. The monoisotopic (exact) mass is 239 g/mol. The number of rotatable bonds is 9. The van der Waals surface area contributed by atoms with Crippen LogP contribution in [-0.4, -0.2) is 36.6 Å². The van der Waals surface area contributed by atoms with Crippen LogP contribution in [0.15, 0.2) is 24.3 Å². The first kappa shape index (κ1) is 14.0. The topological polar surface area (TPSA) is 61.7 Å².